The van der Waals surface area contributed by atoms with Gasteiger partial charge in [0.15, 0.2) is 6.79 Å². The number of aliphatic hydroxyl groups is 1. The highest BCUT2D eigenvalue weighted by atomic mass is 28.2. The number of aryl methyl sites for hydroxylation is 1. The molecule has 4 nitrogen and oxygen atoms in total. The summed E-state index contributed by atoms with van der Waals surface area (Å²) in [5, 5.41) is 11.5. The Hall–Kier alpha value is -2.67. The van der Waals surface area contributed by atoms with E-state index in [2.05, 4.69) is 73.6 Å². The molecule has 0 saturated heterocycles. The van der Waals surface area contributed by atoms with Crippen molar-refractivity contribution in [1.29, 1.82) is 0 Å². The molecule has 0 fully saturated rings. The first-order valence-corrected chi connectivity index (χ1v) is 14.6. The third kappa shape index (κ3) is 5.79. The topological polar surface area (TPSA) is 47.9 Å². The van der Waals surface area contributed by atoms with Crippen LogP contribution < -0.4 is 9.16 Å². The maximum atomic E-state index is 13.7. The van der Waals surface area contributed by atoms with Crippen LogP contribution in [-0.4, -0.2) is 29.5 Å². The molecule has 0 saturated carbocycles. The van der Waals surface area contributed by atoms with Crippen LogP contribution in [-0.2, 0) is 10.2 Å². The smallest absolute Gasteiger partial charge is 0.204 e. The molecule has 0 aliphatic rings. The molecule has 1 atom stereocenters. The lowest BCUT2D eigenvalue weighted by Gasteiger charge is -2.46. The van der Waals surface area contributed by atoms with Crippen LogP contribution in [0.25, 0.3) is 0 Å². The summed E-state index contributed by atoms with van der Waals surface area (Å²) >= 11 is 0. The minimum atomic E-state index is -0.997. The highest BCUT2D eigenvalue weighted by Crippen LogP contribution is 2.51. The summed E-state index contributed by atoms with van der Waals surface area (Å²) in [6.07, 6.45) is -0.997. The third-order valence-electron chi connectivity index (χ3n) is 8.12. The molecule has 0 aromatic heterocycles. The second kappa shape index (κ2) is 12.7. The van der Waals surface area contributed by atoms with Crippen molar-refractivity contribution in [1.82, 2.24) is 0 Å². The van der Waals surface area contributed by atoms with E-state index in [4.69, 9.17) is 13.9 Å². The molecule has 3 aromatic rings. The van der Waals surface area contributed by atoms with Crippen molar-refractivity contribution in [2.45, 2.75) is 72.8 Å². The summed E-state index contributed by atoms with van der Waals surface area (Å²) in [5.41, 5.74) is 6.99. The maximum Gasteiger partial charge on any atom is 0.204 e. The number of hydrogen-bond acceptors (Lipinski definition) is 4. The average molecular weight is 553 g/mol. The van der Waals surface area contributed by atoms with Crippen LogP contribution in [0.4, 0.5) is 4.39 Å². The second-order valence-electron chi connectivity index (χ2n) is 11.4. The normalized spacial score (nSPS) is 13.0. The van der Waals surface area contributed by atoms with E-state index in [1.54, 1.807) is 19.2 Å². The lowest BCUT2D eigenvalue weighted by atomic mass is 9.58. The molecule has 3 aromatic carbocycles. The SMILES string of the molecule is COCOc1ccc(C(c2c(C)cc(O[SiH3])c(C(C)C)c2C)(C(C)C)C(C)C)cc1C(O)c1ccc(F)cc1. The van der Waals surface area contributed by atoms with Gasteiger partial charge in [0.2, 0.25) is 10.5 Å². The van der Waals surface area contributed by atoms with Gasteiger partial charge in [0.1, 0.15) is 23.4 Å². The van der Waals surface area contributed by atoms with Crippen LogP contribution >= 0.6 is 0 Å². The van der Waals surface area contributed by atoms with E-state index in [1.807, 2.05) is 6.07 Å². The van der Waals surface area contributed by atoms with E-state index < -0.39 is 6.10 Å². The number of halogens is 1. The minimum Gasteiger partial charge on any atom is -0.553 e. The standard InChI is InChI=1S/C33H45FO4Si/c1-19(2)30-23(8)31(22(7)16-29(30)38-39)33(20(3)4,21(5)6)25-12-15-28(37-18-36-9)27(17-25)32(35)24-10-13-26(34)14-11-24/h10-17,19-21,32,35H,18H2,1-9,39H3. The van der Waals surface area contributed by atoms with E-state index in [1.165, 1.54) is 34.4 Å². The molecule has 0 aliphatic carbocycles. The Kier molecular flexibility index (Phi) is 10.0. The number of ether oxygens (including phenoxy) is 2. The number of methoxy groups -OCH3 is 1. The summed E-state index contributed by atoms with van der Waals surface area (Å²) in [7, 11) is 2.20. The van der Waals surface area contributed by atoms with Gasteiger partial charge in [0.25, 0.3) is 0 Å². The summed E-state index contributed by atoms with van der Waals surface area (Å²) in [5.74, 6) is 1.95. The Morgan fingerprint density at radius 1 is 0.897 bits per heavy atom. The van der Waals surface area contributed by atoms with Gasteiger partial charge in [-0.3, -0.25) is 0 Å². The highest BCUT2D eigenvalue weighted by molar-refractivity contribution is 6.00. The lowest BCUT2D eigenvalue weighted by Crippen LogP contribution is -2.41. The van der Waals surface area contributed by atoms with Gasteiger partial charge in [-0.2, -0.15) is 0 Å². The van der Waals surface area contributed by atoms with Crippen molar-refractivity contribution in [3.05, 3.63) is 93.3 Å². The van der Waals surface area contributed by atoms with Gasteiger partial charge in [0, 0.05) is 18.1 Å². The Bertz CT molecular complexity index is 1260. The Morgan fingerprint density at radius 2 is 1.51 bits per heavy atom. The second-order valence-corrected chi connectivity index (χ2v) is 11.8. The van der Waals surface area contributed by atoms with Gasteiger partial charge in [-0.05, 0) is 95.3 Å². The first-order chi connectivity index (χ1) is 18.4. The molecule has 0 spiro atoms. The van der Waals surface area contributed by atoms with Gasteiger partial charge in [-0.25, -0.2) is 4.39 Å². The molecule has 0 bridgehead atoms. The average Bonchev–Trinajstić information content (AvgIpc) is 2.88. The molecule has 1 N–H and O–H groups in total. The molecule has 0 amide bonds. The van der Waals surface area contributed by atoms with Crippen LogP contribution in [0.15, 0.2) is 48.5 Å². The fourth-order valence-corrected chi connectivity index (χ4v) is 6.98. The molecule has 6 heteroatoms. The zero-order chi connectivity index (χ0) is 29.1. The highest BCUT2D eigenvalue weighted by Gasteiger charge is 2.44. The summed E-state index contributed by atoms with van der Waals surface area (Å²) in [4.78, 5) is 0. The van der Waals surface area contributed by atoms with Crippen molar-refractivity contribution >= 4 is 10.5 Å². The van der Waals surface area contributed by atoms with Crippen LogP contribution in [0.2, 0.25) is 0 Å². The zero-order valence-electron chi connectivity index (χ0n) is 25.2. The van der Waals surface area contributed by atoms with E-state index in [0.29, 0.717) is 33.3 Å². The Morgan fingerprint density at radius 3 is 2.03 bits per heavy atom. The molecule has 0 radical (unpaired) electrons. The van der Waals surface area contributed by atoms with Crippen LogP contribution in [0.1, 0.15) is 92.5 Å². The molecular weight excluding hydrogens is 507 g/mol. The van der Waals surface area contributed by atoms with Crippen molar-refractivity contribution in [2.24, 2.45) is 11.8 Å². The molecule has 1 unspecified atom stereocenters. The summed E-state index contributed by atoms with van der Waals surface area (Å²) in [6.45, 7) is 18.0. The fourth-order valence-electron chi connectivity index (χ4n) is 6.64. The van der Waals surface area contributed by atoms with Gasteiger partial charge in [0.05, 0.1) is 0 Å². The number of hydrogen-bond donors (Lipinski definition) is 1. The number of rotatable bonds is 11. The van der Waals surface area contributed by atoms with E-state index in [9.17, 15) is 9.50 Å². The number of benzene rings is 3. The zero-order valence-corrected chi connectivity index (χ0v) is 27.2. The first-order valence-electron chi connectivity index (χ1n) is 13.8. The van der Waals surface area contributed by atoms with Gasteiger partial charge < -0.3 is 19.0 Å². The molecule has 3 rings (SSSR count). The maximum absolute atomic E-state index is 13.7. The minimum absolute atomic E-state index is 0.0553. The van der Waals surface area contributed by atoms with Crippen LogP contribution in [0, 0.1) is 31.5 Å². The molecule has 39 heavy (non-hydrogen) atoms. The Labute approximate surface area is 237 Å². The van der Waals surface area contributed by atoms with Crippen molar-refractivity contribution in [2.75, 3.05) is 13.9 Å². The Balaban J connectivity index is 2.38. The fraction of sp³-hybridized carbons (Fsp3) is 0.455. The quantitative estimate of drug-likeness (QED) is 0.208. The molecule has 0 aliphatic heterocycles. The predicted molar refractivity (Wildman–Crippen MR) is 160 cm³/mol. The summed E-state index contributed by atoms with van der Waals surface area (Å²) in [6, 6.07) is 14.3. The number of aliphatic hydroxyl groups excluding tert-OH is 1. The van der Waals surface area contributed by atoms with E-state index >= 15 is 0 Å². The monoisotopic (exact) mass is 552 g/mol. The lowest BCUT2D eigenvalue weighted by molar-refractivity contribution is 0.0487. The van der Waals surface area contributed by atoms with E-state index in [-0.39, 0.29) is 29.9 Å². The largest absolute Gasteiger partial charge is 0.553 e. The van der Waals surface area contributed by atoms with Crippen molar-refractivity contribution in [3.63, 3.8) is 0 Å². The molecular formula is C33H45FO4Si. The first kappa shape index (κ1) is 30.9. The van der Waals surface area contributed by atoms with E-state index in [0.717, 1.165) is 11.3 Å². The van der Waals surface area contributed by atoms with Crippen molar-refractivity contribution in [3.8, 4) is 11.5 Å². The van der Waals surface area contributed by atoms with Gasteiger partial charge in [-0.15, -0.1) is 0 Å². The van der Waals surface area contributed by atoms with Crippen LogP contribution in [0.3, 0.4) is 0 Å². The van der Waals surface area contributed by atoms with Crippen molar-refractivity contribution < 1.29 is 23.4 Å². The van der Waals surface area contributed by atoms with Gasteiger partial charge >= 0.3 is 0 Å². The molecule has 0 heterocycles. The third-order valence-corrected chi connectivity index (χ3v) is 8.56. The predicted octanol–water partition coefficient (Wildman–Crippen LogP) is 6.89. The van der Waals surface area contributed by atoms with Gasteiger partial charge in [-0.1, -0.05) is 59.7 Å². The van der Waals surface area contributed by atoms with Crippen LogP contribution in [0.5, 0.6) is 11.5 Å². The molecule has 212 valence electrons. The summed E-state index contributed by atoms with van der Waals surface area (Å²) < 4.78 is 30.7.